The molecule has 2 aromatic rings. The zero-order valence-corrected chi connectivity index (χ0v) is 12.1. The van der Waals surface area contributed by atoms with E-state index in [0.29, 0.717) is 6.61 Å². The number of aromatic nitrogens is 2. The van der Waals surface area contributed by atoms with Crippen LogP contribution in [0.3, 0.4) is 0 Å². The molecule has 20 heavy (non-hydrogen) atoms. The maximum Gasteiger partial charge on any atom is 0.204 e. The predicted molar refractivity (Wildman–Crippen MR) is 79.1 cm³/mol. The SMILES string of the molecule is CN(C)c1ncc(CNC2COc3ccccc32)n1C. The summed E-state index contributed by atoms with van der Waals surface area (Å²) in [7, 11) is 6.04. The Balaban J connectivity index is 1.69. The van der Waals surface area contributed by atoms with E-state index in [2.05, 4.69) is 27.0 Å². The first kappa shape index (κ1) is 13.0. The molecule has 0 saturated heterocycles. The number of hydrogen-bond acceptors (Lipinski definition) is 4. The van der Waals surface area contributed by atoms with Crippen LogP contribution in [0.15, 0.2) is 30.5 Å². The first-order valence-electron chi connectivity index (χ1n) is 6.80. The van der Waals surface area contributed by atoms with Gasteiger partial charge in [0.1, 0.15) is 12.4 Å². The Bertz CT molecular complexity index is 606. The lowest BCUT2D eigenvalue weighted by Gasteiger charge is -2.14. The Kier molecular flexibility index (Phi) is 3.36. The monoisotopic (exact) mass is 272 g/mol. The van der Waals surface area contributed by atoms with Gasteiger partial charge < -0.3 is 19.5 Å². The van der Waals surface area contributed by atoms with Gasteiger partial charge >= 0.3 is 0 Å². The molecule has 0 spiro atoms. The topological polar surface area (TPSA) is 42.3 Å². The summed E-state index contributed by atoms with van der Waals surface area (Å²) in [5.74, 6) is 1.95. The number of rotatable bonds is 4. The van der Waals surface area contributed by atoms with Crippen LogP contribution in [-0.4, -0.2) is 30.3 Å². The highest BCUT2D eigenvalue weighted by molar-refractivity contribution is 5.39. The molecule has 1 unspecified atom stereocenters. The average molecular weight is 272 g/mol. The molecular formula is C15H20N4O. The van der Waals surface area contributed by atoms with Gasteiger partial charge in [0.2, 0.25) is 5.95 Å². The predicted octanol–water partition coefficient (Wildman–Crippen LogP) is 1.71. The van der Waals surface area contributed by atoms with Crippen LogP contribution in [0.25, 0.3) is 0 Å². The van der Waals surface area contributed by atoms with Crippen LogP contribution < -0.4 is 15.0 Å². The second-order valence-corrected chi connectivity index (χ2v) is 5.29. The highest BCUT2D eigenvalue weighted by Crippen LogP contribution is 2.31. The molecule has 0 bridgehead atoms. The number of benzene rings is 1. The number of para-hydroxylation sites is 1. The van der Waals surface area contributed by atoms with E-state index in [1.54, 1.807) is 0 Å². The third kappa shape index (κ3) is 2.25. The van der Waals surface area contributed by atoms with Crippen molar-refractivity contribution in [3.05, 3.63) is 41.7 Å². The minimum Gasteiger partial charge on any atom is -0.491 e. The molecule has 1 aromatic heterocycles. The lowest BCUT2D eigenvalue weighted by Crippen LogP contribution is -2.23. The fraction of sp³-hybridized carbons (Fsp3) is 0.400. The van der Waals surface area contributed by atoms with Crippen LogP contribution in [0, 0.1) is 0 Å². The molecule has 2 heterocycles. The first-order valence-corrected chi connectivity index (χ1v) is 6.80. The van der Waals surface area contributed by atoms with Crippen molar-refractivity contribution in [3.8, 4) is 5.75 Å². The van der Waals surface area contributed by atoms with E-state index in [-0.39, 0.29) is 6.04 Å². The van der Waals surface area contributed by atoms with Gasteiger partial charge in [-0.2, -0.15) is 0 Å². The molecule has 1 atom stereocenters. The maximum atomic E-state index is 5.68. The molecule has 1 aliphatic rings. The first-order chi connectivity index (χ1) is 9.66. The van der Waals surface area contributed by atoms with E-state index in [1.807, 2.05) is 44.4 Å². The summed E-state index contributed by atoms with van der Waals surface area (Å²) in [4.78, 5) is 6.43. The number of imidazole rings is 1. The molecule has 0 amide bonds. The van der Waals surface area contributed by atoms with Crippen molar-refractivity contribution in [2.24, 2.45) is 7.05 Å². The van der Waals surface area contributed by atoms with Crippen LogP contribution in [0.1, 0.15) is 17.3 Å². The van der Waals surface area contributed by atoms with Crippen molar-refractivity contribution < 1.29 is 4.74 Å². The molecule has 0 aliphatic carbocycles. The minimum absolute atomic E-state index is 0.254. The summed E-state index contributed by atoms with van der Waals surface area (Å²) in [6.07, 6.45) is 1.92. The zero-order valence-electron chi connectivity index (χ0n) is 12.1. The van der Waals surface area contributed by atoms with Gasteiger partial charge in [-0.05, 0) is 6.07 Å². The Hall–Kier alpha value is -2.01. The van der Waals surface area contributed by atoms with E-state index >= 15 is 0 Å². The van der Waals surface area contributed by atoms with Crippen molar-refractivity contribution in [1.29, 1.82) is 0 Å². The standard InChI is InChI=1S/C15H20N4O/c1-18(2)15-17-9-11(19(15)3)8-16-13-10-20-14-7-5-4-6-12(13)14/h4-7,9,13,16H,8,10H2,1-3H3. The number of ether oxygens (including phenoxy) is 1. The number of anilines is 1. The maximum absolute atomic E-state index is 5.68. The molecule has 1 N–H and O–H groups in total. The van der Waals surface area contributed by atoms with Gasteiger partial charge in [0, 0.05) is 33.3 Å². The largest absolute Gasteiger partial charge is 0.491 e. The zero-order chi connectivity index (χ0) is 14.1. The van der Waals surface area contributed by atoms with Gasteiger partial charge in [-0.25, -0.2) is 4.98 Å². The Morgan fingerprint density at radius 1 is 1.40 bits per heavy atom. The van der Waals surface area contributed by atoms with Gasteiger partial charge in [0.25, 0.3) is 0 Å². The van der Waals surface area contributed by atoms with Crippen LogP contribution in [0.5, 0.6) is 5.75 Å². The number of nitrogens with one attached hydrogen (secondary N) is 1. The lowest BCUT2D eigenvalue weighted by atomic mass is 10.1. The second-order valence-electron chi connectivity index (χ2n) is 5.29. The third-order valence-electron chi connectivity index (χ3n) is 3.69. The summed E-state index contributed by atoms with van der Waals surface area (Å²) < 4.78 is 7.79. The summed E-state index contributed by atoms with van der Waals surface area (Å²) in [5.41, 5.74) is 2.40. The van der Waals surface area contributed by atoms with E-state index in [9.17, 15) is 0 Å². The van der Waals surface area contributed by atoms with Gasteiger partial charge in [0.05, 0.1) is 17.9 Å². The van der Waals surface area contributed by atoms with E-state index < -0.39 is 0 Å². The molecule has 5 nitrogen and oxygen atoms in total. The number of hydrogen-bond donors (Lipinski definition) is 1. The highest BCUT2D eigenvalue weighted by Gasteiger charge is 2.23. The fourth-order valence-electron chi connectivity index (χ4n) is 2.57. The van der Waals surface area contributed by atoms with Crippen molar-refractivity contribution in [1.82, 2.24) is 14.9 Å². The van der Waals surface area contributed by atoms with Crippen LogP contribution in [0.2, 0.25) is 0 Å². The van der Waals surface area contributed by atoms with Crippen molar-refractivity contribution in [3.63, 3.8) is 0 Å². The van der Waals surface area contributed by atoms with Gasteiger partial charge in [-0.1, -0.05) is 18.2 Å². The molecule has 0 saturated carbocycles. The Morgan fingerprint density at radius 2 is 2.20 bits per heavy atom. The summed E-state index contributed by atoms with van der Waals surface area (Å²) >= 11 is 0. The van der Waals surface area contributed by atoms with E-state index in [4.69, 9.17) is 4.74 Å². The number of nitrogens with zero attached hydrogens (tertiary/aromatic N) is 3. The fourth-order valence-corrected chi connectivity index (χ4v) is 2.57. The second kappa shape index (κ2) is 5.17. The molecule has 3 rings (SSSR count). The molecule has 1 aromatic carbocycles. The van der Waals surface area contributed by atoms with Crippen molar-refractivity contribution >= 4 is 5.95 Å². The average Bonchev–Trinajstić information content (AvgIpc) is 3.00. The smallest absolute Gasteiger partial charge is 0.204 e. The highest BCUT2D eigenvalue weighted by atomic mass is 16.5. The summed E-state index contributed by atoms with van der Waals surface area (Å²) in [6, 6.07) is 8.45. The Morgan fingerprint density at radius 3 is 2.95 bits per heavy atom. The molecule has 5 heteroatoms. The molecule has 1 aliphatic heterocycles. The van der Waals surface area contributed by atoms with Gasteiger partial charge in [0.15, 0.2) is 0 Å². The third-order valence-corrected chi connectivity index (χ3v) is 3.69. The summed E-state index contributed by atoms with van der Waals surface area (Å²) in [5, 5.41) is 3.54. The normalized spacial score (nSPS) is 16.9. The molecular weight excluding hydrogens is 252 g/mol. The van der Waals surface area contributed by atoms with Crippen LogP contribution in [-0.2, 0) is 13.6 Å². The van der Waals surface area contributed by atoms with Crippen molar-refractivity contribution in [2.75, 3.05) is 25.6 Å². The van der Waals surface area contributed by atoms with E-state index in [1.165, 1.54) is 5.56 Å². The lowest BCUT2D eigenvalue weighted by molar-refractivity contribution is 0.309. The number of fused-ring (bicyclic) bond motifs is 1. The summed E-state index contributed by atoms with van der Waals surface area (Å²) in [6.45, 7) is 1.47. The van der Waals surface area contributed by atoms with E-state index in [0.717, 1.165) is 23.9 Å². The van der Waals surface area contributed by atoms with Crippen LogP contribution in [0.4, 0.5) is 5.95 Å². The molecule has 106 valence electrons. The minimum atomic E-state index is 0.254. The van der Waals surface area contributed by atoms with Gasteiger partial charge in [-0.3, -0.25) is 0 Å². The molecule has 0 fully saturated rings. The van der Waals surface area contributed by atoms with Gasteiger partial charge in [-0.15, -0.1) is 0 Å². The molecule has 0 radical (unpaired) electrons. The van der Waals surface area contributed by atoms with Crippen molar-refractivity contribution in [2.45, 2.75) is 12.6 Å². The van der Waals surface area contributed by atoms with Crippen LogP contribution >= 0.6 is 0 Å². The quantitative estimate of drug-likeness (QED) is 0.920. The Labute approximate surface area is 119 Å².